The number of nitrogens with two attached hydrogens (primary N) is 2. The van der Waals surface area contributed by atoms with Crippen LogP contribution in [0.1, 0.15) is 32.9 Å². The van der Waals surface area contributed by atoms with Crippen molar-refractivity contribution in [2.24, 2.45) is 10.2 Å². The van der Waals surface area contributed by atoms with Crippen molar-refractivity contribution in [2.75, 3.05) is 18.1 Å². The molecular weight excluding hydrogens is 2140 g/mol. The number of azo groups is 1. The summed E-state index contributed by atoms with van der Waals surface area (Å²) in [5.41, 5.74) is 20.4. The van der Waals surface area contributed by atoms with E-state index < -0.39 is 16.7 Å². The molecule has 0 aliphatic carbocycles. The van der Waals surface area contributed by atoms with Gasteiger partial charge in [-0.3, -0.25) is 20.2 Å². The highest BCUT2D eigenvalue weighted by Crippen LogP contribution is 2.45. The summed E-state index contributed by atoms with van der Waals surface area (Å²) < 4.78 is 7.21. The zero-order chi connectivity index (χ0) is 94.7. The molecule has 16 rings (SSSR count). The summed E-state index contributed by atoms with van der Waals surface area (Å²) in [4.78, 5) is 36.4. The largest absolute Gasteiger partial charge is 0.399 e. The topological polar surface area (TPSA) is 183 Å². The number of hydrogen-bond acceptors (Lipinski definition) is 17. The molecule has 0 aliphatic heterocycles. The molecule has 0 spiro atoms. The first kappa shape index (κ1) is 113. The molecule has 0 amide bonds. The van der Waals surface area contributed by atoms with E-state index in [1.165, 1.54) is 60.7 Å². The van der Waals surface area contributed by atoms with Gasteiger partial charge in [-0.1, -0.05) is 251 Å². The van der Waals surface area contributed by atoms with Gasteiger partial charge in [0.1, 0.15) is 0 Å². The maximum absolute atomic E-state index is 10.6. The standard InChI is InChI=1S/C26H20Cl2S2.C24H18Cl2N2S2.C24H16Cl2N2S2.C12H8ClNO2S.C6H5ClS.C6H4INO2.C2H6O.2CH4.B2H3P.ClH/c27-21-9-13-23(14-10-21)29-25-5-1-3-19(17-25)7-8-20-4-2-6-26(18-20)30-24-15-11-22(28)12-16-24;25-15-1-7-19(8-2-15)29-23-13-17(27)5-11-21(23)22-12-6-18(28)14-24(22)30-20-9-3-16(26)4-10-20;25-17-7-11-21(12-8-17)29-23-5-1-3-19(15-23)27-28-20-4-2-6-24(16-20)30-22-13-9-18(26)10-14-22;13-9-4-6-11(7-5-9)17-12-3-1-2-10(8-12)14(15)16;7-5-1-3-6(8)4-2-5;7-5-2-1-3-6(4-5)8(9)10;1-2-3;;;1-2-3;/h1-6,9-18H,7-8H2;1-14H,27-28H2;1-16H;1-8H;1-4,8H;1-4H;3H,2H2,1H3;2*1H4;2H,3H2;1H/i;;;;;;;;;2T;. The van der Waals surface area contributed by atoms with E-state index in [9.17, 15) is 20.2 Å². The van der Waals surface area contributed by atoms with Gasteiger partial charge in [-0.2, -0.15) is 19.3 Å². The molecule has 686 valence electrons. The molecule has 0 aliphatic rings. The van der Waals surface area contributed by atoms with Crippen molar-refractivity contribution >= 4 is 281 Å². The van der Waals surface area contributed by atoms with Crippen molar-refractivity contribution in [3.05, 3.63) is 451 Å². The molecule has 134 heavy (non-hydrogen) atoms. The Labute approximate surface area is 885 Å². The van der Waals surface area contributed by atoms with Crippen LogP contribution in [0.5, 0.6) is 0 Å². The quantitative estimate of drug-likeness (QED) is 0.00735. The Kier molecular flexibility index (Phi) is 53.1. The van der Waals surface area contributed by atoms with Gasteiger partial charge in [0.2, 0.25) is 0 Å². The average Bonchev–Trinajstić information content (AvgIpc) is 0.794. The highest BCUT2D eigenvalue weighted by Gasteiger charge is 2.16. The van der Waals surface area contributed by atoms with E-state index in [0.717, 1.165) is 129 Å². The van der Waals surface area contributed by atoms with Gasteiger partial charge in [-0.05, 0) is 357 Å². The first-order chi connectivity index (χ1) is 63.5. The lowest BCUT2D eigenvalue weighted by Gasteiger charge is -2.15. The zero-order valence-electron chi connectivity index (χ0n) is 70.8. The molecule has 0 saturated heterocycles. The minimum Gasteiger partial charge on any atom is -0.399 e. The van der Waals surface area contributed by atoms with Crippen LogP contribution < -0.4 is 11.5 Å². The number of nitrogen functional groups attached to an aromatic ring is 2. The third-order valence-electron chi connectivity index (χ3n) is 16.9. The Morgan fingerprint density at radius 1 is 0.373 bits per heavy atom. The van der Waals surface area contributed by atoms with Crippen LogP contribution in [-0.4, -0.2) is 37.5 Å². The Morgan fingerprint density at radius 2 is 0.612 bits per heavy atom. The molecule has 2 radical (unpaired) electrons. The van der Waals surface area contributed by atoms with E-state index in [0.29, 0.717) is 15.1 Å². The number of nitrogens with zero attached hydrogens (tertiary/aromatic N) is 4. The van der Waals surface area contributed by atoms with Crippen LogP contribution >= 0.6 is 232 Å². The van der Waals surface area contributed by atoms with Gasteiger partial charge in [0.15, 0.2) is 0 Å². The SMILES string of the molecule is C.C.CCO.Cl.Clc1ccc(Sc2cccc(CCc3cccc(Sc4ccc(Cl)cc4)c3)c2)cc1.Clc1ccc(Sc2cccc(N=Nc3cccc(Sc4ccc(Cl)cc4)c3)c2)cc1.Nc1ccc(-c2ccc(N)cc2Sc2ccc(Cl)cc2)c(Sc2ccc(Cl)cc2)c1.O=[N+]([O-])c1cccc(I)c1.O=[N+]([O-])c1cccc(Sc2ccc(Cl)cc2)c1.Sc1ccc(Cl)cc1.[3H]B([B])P. The summed E-state index contributed by atoms with van der Waals surface area (Å²) in [5, 5.41) is 43.0. The van der Waals surface area contributed by atoms with E-state index in [4.69, 9.17) is 118 Å². The molecule has 5 N–H and O–H groups in total. The number of thiol groups is 1. The summed E-state index contributed by atoms with van der Waals surface area (Å²) in [6, 6.07) is 120. The number of aryl methyl sites for hydroxylation is 2. The number of nitro benzene ring substituents is 2. The lowest BCUT2D eigenvalue weighted by molar-refractivity contribution is -0.385. The van der Waals surface area contributed by atoms with E-state index in [2.05, 4.69) is 129 Å². The highest BCUT2D eigenvalue weighted by atomic mass is 127. The molecule has 1 atom stereocenters. The number of hydrogen-bond donors (Lipinski definition) is 4. The molecule has 0 fully saturated rings. The fraction of sp³-hybridized carbons (Fsp3) is 0.0588. The number of halogens is 10. The van der Waals surface area contributed by atoms with Crippen LogP contribution in [0.25, 0.3) is 11.1 Å². The van der Waals surface area contributed by atoms with Gasteiger partial charge in [0.25, 0.3) is 11.4 Å². The van der Waals surface area contributed by atoms with Crippen molar-refractivity contribution in [3.8, 4) is 11.1 Å². The summed E-state index contributed by atoms with van der Waals surface area (Å²) in [7, 11) is 6.84. The maximum Gasteiger partial charge on any atom is 0.270 e. The van der Waals surface area contributed by atoms with Gasteiger partial charge >= 0.3 is 0 Å². The predicted octanol–water partition coefficient (Wildman–Crippen LogP) is 37.1. The Hall–Kier alpha value is -7.82. The number of nitro groups is 2. The minimum absolute atomic E-state index is 0. The van der Waals surface area contributed by atoms with Crippen molar-refractivity contribution in [1.82, 2.24) is 0 Å². The molecule has 1 unspecified atom stereocenters. The van der Waals surface area contributed by atoms with E-state index in [1.54, 1.807) is 108 Å². The molecule has 0 aromatic heterocycles. The molecule has 0 heterocycles. The number of rotatable bonds is 22. The van der Waals surface area contributed by atoms with E-state index >= 15 is 0 Å². The molecule has 0 bridgehead atoms. The Morgan fingerprint density at radius 3 is 0.881 bits per heavy atom. The fourth-order valence-corrected chi connectivity index (χ4v) is 19.1. The molecule has 16 aromatic carbocycles. The third-order valence-corrected chi connectivity index (χ3v) is 27.0. The van der Waals surface area contributed by atoms with Crippen LogP contribution in [-0.2, 0) is 12.8 Å². The van der Waals surface area contributed by atoms with Crippen LogP contribution in [0, 0.1) is 23.8 Å². The second-order valence-electron chi connectivity index (χ2n) is 26.9. The van der Waals surface area contributed by atoms with Crippen LogP contribution in [0.3, 0.4) is 0 Å². The van der Waals surface area contributed by atoms with Crippen LogP contribution in [0.2, 0.25) is 40.2 Å². The first-order valence-corrected chi connectivity index (χ1v) is 50.2. The van der Waals surface area contributed by atoms with Crippen molar-refractivity contribution < 1.29 is 15.0 Å². The lowest BCUT2D eigenvalue weighted by Crippen LogP contribution is -1.92. The van der Waals surface area contributed by atoms with E-state index in [-0.39, 0.29) is 45.2 Å². The smallest absolute Gasteiger partial charge is 0.270 e. The maximum atomic E-state index is 10.6. The number of aliphatic hydroxyl groups is 1. The fourth-order valence-electron chi connectivity index (χ4n) is 11.0. The lowest BCUT2D eigenvalue weighted by atomic mass is 9.79. The minimum atomic E-state index is -0.500. The molecule has 11 nitrogen and oxygen atoms in total. The normalized spacial score (nSPS) is 10.2. The molecule has 0 saturated carbocycles. The number of non-ortho nitro benzene ring substituents is 2. The summed E-state index contributed by atoms with van der Waals surface area (Å²) in [5.74, 6) is 0. The molecule has 16 aromatic rings. The number of aliphatic hydroxyl groups excluding tert-OH is 1. The van der Waals surface area contributed by atoms with Crippen molar-refractivity contribution in [2.45, 2.75) is 108 Å². The number of anilines is 2. The molecule has 32 heteroatoms. The third kappa shape index (κ3) is 43.5. The van der Waals surface area contributed by atoms with Gasteiger partial charge in [0, 0.05) is 167 Å². The Balaban J connectivity index is 0.000000255. The van der Waals surface area contributed by atoms with Crippen LogP contribution in [0.15, 0.2) is 460 Å². The summed E-state index contributed by atoms with van der Waals surface area (Å²) >= 11 is 65.1. The zero-order valence-corrected chi connectivity index (χ0v) is 86.6. The van der Waals surface area contributed by atoms with Crippen LogP contribution in [0.4, 0.5) is 34.1 Å². The monoisotopic (exact) mass is 2230 g/mol. The second-order valence-corrected chi connectivity index (χ2v) is 40.5. The highest BCUT2D eigenvalue weighted by molar-refractivity contribution is 14.1. The summed E-state index contributed by atoms with van der Waals surface area (Å²) in [6.07, 6.45) is 2.04. The Bertz CT molecular complexity index is 6070. The van der Waals surface area contributed by atoms with Gasteiger partial charge in [-0.25, -0.2) is 0 Å². The predicted molar refractivity (Wildman–Crippen MR) is 601 cm³/mol. The molecular formula is C102H89B2Cl9IN6O5PS8. The van der Waals surface area contributed by atoms with E-state index in [1.807, 2.05) is 253 Å². The average molecular weight is 2240 g/mol. The summed E-state index contributed by atoms with van der Waals surface area (Å²) in [6.45, 7) is 1.43. The second kappa shape index (κ2) is 62.9. The van der Waals surface area contributed by atoms with Gasteiger partial charge in [0.05, 0.1) is 28.1 Å². The number of benzene rings is 16. The first-order valence-electron chi connectivity index (χ1n) is 39.9. The van der Waals surface area contributed by atoms with Gasteiger partial charge in [-0.15, -0.1) is 25.0 Å². The van der Waals surface area contributed by atoms with Gasteiger partial charge < -0.3 is 16.6 Å². The van der Waals surface area contributed by atoms with Crippen molar-refractivity contribution in [1.29, 1.82) is 1.34 Å². The van der Waals surface area contributed by atoms with Crippen molar-refractivity contribution in [3.63, 3.8) is 0 Å².